The van der Waals surface area contributed by atoms with Gasteiger partial charge in [0.1, 0.15) is 0 Å². The average Bonchev–Trinajstić information content (AvgIpc) is 3.30. The topological polar surface area (TPSA) is 38.5 Å². The van der Waals surface area contributed by atoms with Gasteiger partial charge >= 0.3 is 0 Å². The molecule has 0 radical (unpaired) electrons. The van der Waals surface area contributed by atoms with E-state index in [1.165, 1.54) is 12.8 Å². The van der Waals surface area contributed by atoms with Crippen molar-refractivity contribution in [3.63, 3.8) is 0 Å². The molecule has 5 heteroatoms. The lowest BCUT2D eigenvalue weighted by atomic mass is 9.87. The molecule has 4 nitrogen and oxygen atoms in total. The van der Waals surface area contributed by atoms with Crippen molar-refractivity contribution in [2.45, 2.75) is 32.7 Å². The summed E-state index contributed by atoms with van der Waals surface area (Å²) in [5.74, 6) is 1.64. The Bertz CT molecular complexity index is 719. The second kappa shape index (κ2) is 6.17. The van der Waals surface area contributed by atoms with Gasteiger partial charge in [-0.15, -0.1) is 0 Å². The molecular weight excluding hydrogens is 324 g/mol. The molecule has 0 saturated carbocycles. The second-order valence-electron chi connectivity index (χ2n) is 7.17. The van der Waals surface area contributed by atoms with Crippen LogP contribution in [0.4, 0.5) is 0 Å². The summed E-state index contributed by atoms with van der Waals surface area (Å²) >= 11 is 5.98. The summed E-state index contributed by atoms with van der Waals surface area (Å²) in [6, 6.07) is 7.90. The Morgan fingerprint density at radius 3 is 2.75 bits per heavy atom. The zero-order chi connectivity index (χ0) is 16.7. The Hall–Kier alpha value is -1.36. The summed E-state index contributed by atoms with van der Waals surface area (Å²) in [4.78, 5) is 7.17. The quantitative estimate of drug-likeness (QED) is 0.821. The molecule has 0 aliphatic carbocycles. The summed E-state index contributed by atoms with van der Waals surface area (Å²) in [6.07, 6.45) is 2.39. The lowest BCUT2D eigenvalue weighted by Gasteiger charge is -2.25. The molecule has 128 valence electrons. The standard InChI is InChI=1S/C19H23ClN2O2/c1-13-17(15-3-5-16(20)6-4-15)24-18(21-13)14(2)22-9-7-19(11-22)8-10-23-12-19/h3-6,14H,7-12H2,1-2H3/t14-,19-/m1/s1. The van der Waals surface area contributed by atoms with Crippen molar-refractivity contribution in [1.82, 2.24) is 9.88 Å². The summed E-state index contributed by atoms with van der Waals surface area (Å²) < 4.78 is 11.8. The molecule has 24 heavy (non-hydrogen) atoms. The van der Waals surface area contributed by atoms with E-state index in [0.29, 0.717) is 5.41 Å². The number of ether oxygens (including phenoxy) is 1. The molecule has 2 aromatic rings. The van der Waals surface area contributed by atoms with Gasteiger partial charge in [-0.25, -0.2) is 4.98 Å². The third kappa shape index (κ3) is 2.87. The van der Waals surface area contributed by atoms with Crippen molar-refractivity contribution in [3.8, 4) is 11.3 Å². The molecule has 2 atom stereocenters. The van der Waals surface area contributed by atoms with E-state index in [2.05, 4.69) is 11.8 Å². The van der Waals surface area contributed by atoms with Crippen LogP contribution in [0.25, 0.3) is 11.3 Å². The number of aromatic nitrogens is 1. The zero-order valence-electron chi connectivity index (χ0n) is 14.2. The SMILES string of the molecule is Cc1nc([C@@H](C)N2CC[C@@]3(CCOC3)C2)oc1-c1ccc(Cl)cc1. The molecule has 2 aliphatic rings. The number of hydrogen-bond acceptors (Lipinski definition) is 4. The number of aryl methyl sites for hydroxylation is 1. The highest BCUT2D eigenvalue weighted by Gasteiger charge is 2.43. The van der Waals surface area contributed by atoms with Crippen molar-refractivity contribution in [1.29, 1.82) is 0 Å². The van der Waals surface area contributed by atoms with Gasteiger partial charge in [-0.3, -0.25) is 4.90 Å². The molecule has 0 N–H and O–H groups in total. The van der Waals surface area contributed by atoms with Gasteiger partial charge < -0.3 is 9.15 Å². The van der Waals surface area contributed by atoms with Gasteiger partial charge in [-0.2, -0.15) is 0 Å². The summed E-state index contributed by atoms with van der Waals surface area (Å²) in [6.45, 7) is 8.15. The van der Waals surface area contributed by atoms with E-state index in [1.54, 1.807) is 0 Å². The molecule has 0 bridgehead atoms. The first-order chi connectivity index (χ1) is 11.6. The maximum absolute atomic E-state index is 6.14. The van der Waals surface area contributed by atoms with Crippen LogP contribution in [0.3, 0.4) is 0 Å². The number of hydrogen-bond donors (Lipinski definition) is 0. The first kappa shape index (κ1) is 16.1. The summed E-state index contributed by atoms with van der Waals surface area (Å²) in [5.41, 5.74) is 2.30. The number of nitrogens with zero attached hydrogens (tertiary/aromatic N) is 2. The summed E-state index contributed by atoms with van der Waals surface area (Å²) in [7, 11) is 0. The van der Waals surface area contributed by atoms with Crippen molar-refractivity contribution < 1.29 is 9.15 Å². The van der Waals surface area contributed by atoms with E-state index < -0.39 is 0 Å². The Morgan fingerprint density at radius 2 is 2.04 bits per heavy atom. The van der Waals surface area contributed by atoms with Crippen molar-refractivity contribution in [2.24, 2.45) is 5.41 Å². The van der Waals surface area contributed by atoms with Crippen LogP contribution in [-0.4, -0.2) is 36.2 Å². The zero-order valence-corrected chi connectivity index (χ0v) is 15.0. The van der Waals surface area contributed by atoms with Gasteiger partial charge in [0.2, 0.25) is 5.89 Å². The molecule has 3 heterocycles. The lowest BCUT2D eigenvalue weighted by Crippen LogP contribution is -2.29. The normalized spacial score (nSPS) is 25.6. The van der Waals surface area contributed by atoms with Gasteiger partial charge in [-0.1, -0.05) is 11.6 Å². The highest BCUT2D eigenvalue weighted by molar-refractivity contribution is 6.30. The van der Waals surface area contributed by atoms with E-state index in [9.17, 15) is 0 Å². The van der Waals surface area contributed by atoms with E-state index in [0.717, 1.165) is 54.2 Å². The molecule has 0 amide bonds. The molecule has 2 fully saturated rings. The van der Waals surface area contributed by atoms with Crippen molar-refractivity contribution >= 4 is 11.6 Å². The average molecular weight is 347 g/mol. The van der Waals surface area contributed by atoms with Crippen LogP contribution in [0.2, 0.25) is 5.02 Å². The first-order valence-corrected chi connectivity index (χ1v) is 8.99. The van der Waals surface area contributed by atoms with Crippen LogP contribution in [0.1, 0.15) is 37.4 Å². The molecule has 4 rings (SSSR count). The van der Waals surface area contributed by atoms with E-state index in [-0.39, 0.29) is 6.04 Å². The number of likely N-dealkylation sites (tertiary alicyclic amines) is 1. The summed E-state index contributed by atoms with van der Waals surface area (Å²) in [5, 5.41) is 0.727. The fourth-order valence-electron chi connectivity index (χ4n) is 3.89. The Morgan fingerprint density at radius 1 is 1.25 bits per heavy atom. The minimum absolute atomic E-state index is 0.185. The third-order valence-corrected chi connectivity index (χ3v) is 5.73. The Labute approximate surface area is 147 Å². The molecule has 1 aromatic heterocycles. The third-order valence-electron chi connectivity index (χ3n) is 5.48. The van der Waals surface area contributed by atoms with Crippen LogP contribution in [0.5, 0.6) is 0 Å². The fraction of sp³-hybridized carbons (Fsp3) is 0.526. The monoisotopic (exact) mass is 346 g/mol. The van der Waals surface area contributed by atoms with Crippen LogP contribution in [-0.2, 0) is 4.74 Å². The maximum atomic E-state index is 6.14. The number of benzene rings is 1. The minimum Gasteiger partial charge on any atom is -0.439 e. The molecular formula is C19H23ClN2O2. The highest BCUT2D eigenvalue weighted by atomic mass is 35.5. The van der Waals surface area contributed by atoms with Crippen LogP contribution in [0.15, 0.2) is 28.7 Å². The largest absolute Gasteiger partial charge is 0.439 e. The van der Waals surface area contributed by atoms with Gasteiger partial charge in [0.25, 0.3) is 0 Å². The van der Waals surface area contributed by atoms with E-state index in [1.807, 2.05) is 31.2 Å². The Kier molecular flexibility index (Phi) is 4.15. The molecule has 1 spiro atoms. The van der Waals surface area contributed by atoms with E-state index in [4.69, 9.17) is 25.7 Å². The van der Waals surface area contributed by atoms with Gasteiger partial charge in [-0.05, 0) is 57.5 Å². The Balaban J connectivity index is 1.54. The predicted molar refractivity (Wildman–Crippen MR) is 94.2 cm³/mol. The second-order valence-corrected chi connectivity index (χ2v) is 7.61. The highest BCUT2D eigenvalue weighted by Crippen LogP contribution is 2.41. The fourth-order valence-corrected chi connectivity index (χ4v) is 4.02. The van der Waals surface area contributed by atoms with Crippen molar-refractivity contribution in [2.75, 3.05) is 26.3 Å². The van der Waals surface area contributed by atoms with Crippen LogP contribution >= 0.6 is 11.6 Å². The smallest absolute Gasteiger partial charge is 0.212 e. The number of rotatable bonds is 3. The number of halogens is 1. The van der Waals surface area contributed by atoms with Gasteiger partial charge in [0, 0.05) is 29.2 Å². The van der Waals surface area contributed by atoms with Crippen molar-refractivity contribution in [3.05, 3.63) is 40.9 Å². The molecule has 2 aliphatic heterocycles. The van der Waals surface area contributed by atoms with Crippen LogP contribution in [0, 0.1) is 12.3 Å². The lowest BCUT2D eigenvalue weighted by molar-refractivity contribution is 0.142. The van der Waals surface area contributed by atoms with Gasteiger partial charge in [0.15, 0.2) is 5.76 Å². The predicted octanol–water partition coefficient (Wildman–Crippen LogP) is 4.48. The minimum atomic E-state index is 0.185. The molecule has 1 aromatic carbocycles. The van der Waals surface area contributed by atoms with E-state index >= 15 is 0 Å². The number of oxazole rings is 1. The van der Waals surface area contributed by atoms with Crippen LogP contribution < -0.4 is 0 Å². The maximum Gasteiger partial charge on any atom is 0.212 e. The molecule has 2 saturated heterocycles. The van der Waals surface area contributed by atoms with Gasteiger partial charge in [0.05, 0.1) is 18.3 Å². The first-order valence-electron chi connectivity index (χ1n) is 8.61. The molecule has 0 unspecified atom stereocenters.